The Kier molecular flexibility index (Phi) is 8.35. The van der Waals surface area contributed by atoms with Crippen LogP contribution in [0.4, 0.5) is 22.0 Å². The molecule has 0 spiro atoms. The highest BCUT2D eigenvalue weighted by Gasteiger charge is 2.30. The molecule has 0 fully saturated rings. The fourth-order valence-electron chi connectivity index (χ4n) is 8.35. The lowest BCUT2D eigenvalue weighted by atomic mass is 10.0. The van der Waals surface area contributed by atoms with Crippen LogP contribution in [0.1, 0.15) is 0 Å². The number of hydrogen-bond donors (Lipinski definition) is 0. The molecule has 0 aliphatic carbocycles. The molecule has 3 heterocycles. The zero-order valence-electron chi connectivity index (χ0n) is 31.8. The normalized spacial score (nSPS) is 11.7. The molecule has 0 radical (unpaired) electrons. The van der Waals surface area contributed by atoms with E-state index in [1.165, 1.54) is 0 Å². The molecule has 11 rings (SSSR count). The van der Waals surface area contributed by atoms with Gasteiger partial charge >= 0.3 is 0 Å². The molecule has 0 aliphatic heterocycles. The van der Waals surface area contributed by atoms with E-state index in [4.69, 9.17) is 15.0 Å². The number of aromatic nitrogens is 5. The minimum absolute atomic E-state index is 0.212. The topological polar surface area (TPSA) is 48.5 Å². The summed E-state index contributed by atoms with van der Waals surface area (Å²) in [6.45, 7) is 0. The molecule has 11 aromatic rings. The largest absolute Gasteiger partial charge is 0.304 e. The molecular weight excluding hydrogens is 778 g/mol. The lowest BCUT2D eigenvalue weighted by Crippen LogP contribution is -2.09. The predicted molar refractivity (Wildman–Crippen MR) is 230 cm³/mol. The lowest BCUT2D eigenvalue weighted by Gasteiger charge is -2.13. The van der Waals surface area contributed by atoms with Crippen LogP contribution in [-0.4, -0.2) is 24.1 Å². The van der Waals surface area contributed by atoms with Gasteiger partial charge in [-0.15, -0.1) is 0 Å². The van der Waals surface area contributed by atoms with E-state index in [2.05, 4.69) is 0 Å². The first kappa shape index (κ1) is 36.1. The van der Waals surface area contributed by atoms with Crippen LogP contribution >= 0.6 is 0 Å². The van der Waals surface area contributed by atoms with Gasteiger partial charge in [-0.05, 0) is 40.5 Å². The summed E-state index contributed by atoms with van der Waals surface area (Å²) in [6.07, 6.45) is 0. The monoisotopic (exact) mass is 805 g/mol. The van der Waals surface area contributed by atoms with E-state index < -0.39 is 34.8 Å². The van der Waals surface area contributed by atoms with Gasteiger partial charge in [-0.3, -0.25) is 4.57 Å². The van der Waals surface area contributed by atoms with E-state index >= 15 is 8.78 Å². The Hall–Kier alpha value is -7.98. The van der Waals surface area contributed by atoms with Crippen LogP contribution in [0, 0.1) is 29.1 Å². The first-order valence-corrected chi connectivity index (χ1v) is 19.4. The number of benzene rings is 8. The number of para-hydroxylation sites is 2. The summed E-state index contributed by atoms with van der Waals surface area (Å²) in [5.74, 6) is -9.13. The van der Waals surface area contributed by atoms with Crippen LogP contribution in [-0.2, 0) is 0 Å². The maximum atomic E-state index is 15.7. The number of hydrogen-bond acceptors (Lipinski definition) is 3. The van der Waals surface area contributed by atoms with Gasteiger partial charge in [0, 0.05) is 32.7 Å². The molecule has 10 heteroatoms. The molecule has 0 saturated carbocycles. The van der Waals surface area contributed by atoms with Crippen molar-refractivity contribution in [3.63, 3.8) is 0 Å². The summed E-state index contributed by atoms with van der Waals surface area (Å²) in [6, 6.07) is 53.8. The van der Waals surface area contributed by atoms with Crippen LogP contribution in [0.3, 0.4) is 0 Å². The van der Waals surface area contributed by atoms with Gasteiger partial charge in [0.2, 0.25) is 11.8 Å². The van der Waals surface area contributed by atoms with E-state index in [0.29, 0.717) is 27.9 Å². The van der Waals surface area contributed by atoms with E-state index in [9.17, 15) is 13.2 Å². The molecule has 0 N–H and O–H groups in total. The zero-order valence-corrected chi connectivity index (χ0v) is 31.8. The van der Waals surface area contributed by atoms with E-state index in [-0.39, 0.29) is 17.0 Å². The molecule has 292 valence electrons. The minimum atomic E-state index is -2.23. The fraction of sp³-hybridized carbons (Fsp3) is 0. The SMILES string of the molecule is Fc1c(F)c(F)c(-n2c3ccccc3c3c2ccc2c4ccccc4n(-c4nc(-c5ccc(-c6ccccc6)cc5)nc(-c5ccc(-c6ccccc6)cc5)n4)c23)c(F)c1F. The molecule has 0 saturated heterocycles. The summed E-state index contributed by atoms with van der Waals surface area (Å²) in [5.41, 5.74) is 6.29. The molecule has 3 aromatic heterocycles. The van der Waals surface area contributed by atoms with E-state index in [1.807, 2.05) is 138 Å². The highest BCUT2D eigenvalue weighted by molar-refractivity contribution is 6.26. The van der Waals surface area contributed by atoms with Crippen molar-refractivity contribution in [1.29, 1.82) is 0 Å². The van der Waals surface area contributed by atoms with Crippen LogP contribution in [0.25, 0.3) is 100 Å². The third kappa shape index (κ3) is 5.71. The standard InChI is InChI=1S/C51H28F5N5/c52-42-43(53)45(55)48(46(56)44(42)54)60-39-18-10-8-16-37(39)41-40(60)28-27-36-35-15-7-9-17-38(35)61(47(36)41)51-58-49(33-23-19-31(20-24-33)29-11-3-1-4-12-29)57-50(59-51)34-25-21-32(22-26-34)30-13-5-2-6-14-30/h1-28H. The summed E-state index contributed by atoms with van der Waals surface area (Å²) < 4.78 is 78.5. The van der Waals surface area contributed by atoms with Crippen molar-refractivity contribution in [3.8, 4) is 56.7 Å². The summed E-state index contributed by atoms with van der Waals surface area (Å²) in [4.78, 5) is 15.3. The van der Waals surface area contributed by atoms with Gasteiger partial charge in [-0.1, -0.05) is 152 Å². The van der Waals surface area contributed by atoms with Gasteiger partial charge in [0.15, 0.2) is 34.9 Å². The Morgan fingerprint density at radius 3 is 1.28 bits per heavy atom. The number of fused-ring (bicyclic) bond motifs is 7. The Morgan fingerprint density at radius 1 is 0.311 bits per heavy atom. The molecule has 0 amide bonds. The maximum absolute atomic E-state index is 15.7. The first-order valence-electron chi connectivity index (χ1n) is 19.4. The van der Waals surface area contributed by atoms with Crippen molar-refractivity contribution >= 4 is 43.6 Å². The second-order valence-corrected chi connectivity index (χ2v) is 14.6. The summed E-state index contributed by atoms with van der Waals surface area (Å²) in [7, 11) is 0. The van der Waals surface area contributed by atoms with Gasteiger partial charge in [-0.2, -0.15) is 9.97 Å². The predicted octanol–water partition coefficient (Wildman–Crippen LogP) is 13.4. The third-order valence-electron chi connectivity index (χ3n) is 11.2. The van der Waals surface area contributed by atoms with Crippen LogP contribution in [0.5, 0.6) is 0 Å². The zero-order chi connectivity index (χ0) is 41.4. The van der Waals surface area contributed by atoms with Gasteiger partial charge in [-0.25, -0.2) is 26.9 Å². The molecule has 0 aliphatic rings. The van der Waals surface area contributed by atoms with Gasteiger partial charge < -0.3 is 4.57 Å². The summed E-state index contributed by atoms with van der Waals surface area (Å²) in [5, 5.41) is 2.59. The Morgan fingerprint density at radius 2 is 0.738 bits per heavy atom. The molecule has 61 heavy (non-hydrogen) atoms. The quantitative estimate of drug-likeness (QED) is 0.0955. The summed E-state index contributed by atoms with van der Waals surface area (Å²) >= 11 is 0. The van der Waals surface area contributed by atoms with Crippen molar-refractivity contribution in [2.75, 3.05) is 0 Å². The Bertz CT molecular complexity index is 3380. The maximum Gasteiger partial charge on any atom is 0.238 e. The van der Waals surface area contributed by atoms with Crippen LogP contribution in [0.15, 0.2) is 170 Å². The van der Waals surface area contributed by atoms with Crippen LogP contribution in [0.2, 0.25) is 0 Å². The fourth-order valence-corrected chi connectivity index (χ4v) is 8.35. The van der Waals surface area contributed by atoms with Crippen molar-refractivity contribution in [2.24, 2.45) is 0 Å². The second kappa shape index (κ2) is 14.1. The van der Waals surface area contributed by atoms with E-state index in [1.54, 1.807) is 36.4 Å². The third-order valence-corrected chi connectivity index (χ3v) is 11.2. The van der Waals surface area contributed by atoms with Crippen molar-refractivity contribution < 1.29 is 22.0 Å². The smallest absolute Gasteiger partial charge is 0.238 e. The van der Waals surface area contributed by atoms with Gasteiger partial charge in [0.1, 0.15) is 5.69 Å². The molecule has 5 nitrogen and oxygen atoms in total. The lowest BCUT2D eigenvalue weighted by molar-refractivity contribution is 0.376. The minimum Gasteiger partial charge on any atom is -0.304 e. The Labute approximate surface area is 344 Å². The molecule has 8 aromatic carbocycles. The van der Waals surface area contributed by atoms with Crippen molar-refractivity contribution in [2.45, 2.75) is 0 Å². The van der Waals surface area contributed by atoms with Crippen LogP contribution < -0.4 is 0 Å². The average Bonchev–Trinajstić information content (AvgIpc) is 3.84. The van der Waals surface area contributed by atoms with Gasteiger partial charge in [0.25, 0.3) is 0 Å². The number of halogens is 5. The average molecular weight is 806 g/mol. The molecule has 0 atom stereocenters. The van der Waals surface area contributed by atoms with Crippen molar-refractivity contribution in [3.05, 3.63) is 199 Å². The van der Waals surface area contributed by atoms with Crippen molar-refractivity contribution in [1.82, 2.24) is 24.1 Å². The number of rotatable bonds is 6. The highest BCUT2D eigenvalue weighted by atomic mass is 19.2. The first-order chi connectivity index (χ1) is 29.9. The second-order valence-electron chi connectivity index (χ2n) is 14.6. The highest BCUT2D eigenvalue weighted by Crippen LogP contribution is 2.43. The molecular formula is C51H28F5N5. The van der Waals surface area contributed by atoms with Gasteiger partial charge in [0.05, 0.1) is 22.1 Å². The molecule has 0 unspecified atom stereocenters. The Balaban J connectivity index is 1.21. The molecule has 0 bridgehead atoms. The number of nitrogens with zero attached hydrogens (tertiary/aromatic N) is 5. The van der Waals surface area contributed by atoms with E-state index in [0.717, 1.165) is 54.2 Å².